The van der Waals surface area contributed by atoms with Crippen LogP contribution in [0.4, 0.5) is 4.39 Å². The van der Waals surface area contributed by atoms with Crippen LogP contribution in [0.25, 0.3) is 0 Å². The third-order valence-electron chi connectivity index (χ3n) is 4.41. The molecule has 0 radical (unpaired) electrons. The SMILES string of the molecule is Cc1c(C)c(C)c(C(=O)c2ccc(Br)c(F)c2)c(C)c1C. The molecule has 0 amide bonds. The van der Waals surface area contributed by atoms with Crippen molar-refractivity contribution < 1.29 is 9.18 Å². The minimum absolute atomic E-state index is 0.123. The molecule has 3 heteroatoms. The standard InChI is InChI=1S/C18H18BrFO/c1-9-10(2)12(4)17(13(5)11(9)3)18(21)14-6-7-15(19)16(20)8-14/h6-8H,1-5H3. The summed E-state index contributed by atoms with van der Waals surface area (Å²) in [6, 6.07) is 4.51. The predicted molar refractivity (Wildman–Crippen MR) is 87.7 cm³/mol. The highest BCUT2D eigenvalue weighted by Gasteiger charge is 2.20. The first kappa shape index (κ1) is 15.9. The second-order valence-electron chi connectivity index (χ2n) is 5.46. The highest BCUT2D eigenvalue weighted by atomic mass is 79.9. The molecule has 0 heterocycles. The van der Waals surface area contributed by atoms with Crippen LogP contribution in [0, 0.1) is 40.4 Å². The summed E-state index contributed by atoms with van der Waals surface area (Å²) in [6.45, 7) is 10.0. The molecule has 0 N–H and O–H groups in total. The molecule has 0 saturated heterocycles. The fourth-order valence-electron chi connectivity index (χ4n) is 2.62. The molecule has 0 aliphatic carbocycles. The summed E-state index contributed by atoms with van der Waals surface area (Å²) in [5.41, 5.74) is 6.48. The van der Waals surface area contributed by atoms with Gasteiger partial charge in [-0.2, -0.15) is 0 Å². The van der Waals surface area contributed by atoms with Crippen LogP contribution in [0.3, 0.4) is 0 Å². The Hall–Kier alpha value is -1.48. The molecule has 2 rings (SSSR count). The van der Waals surface area contributed by atoms with E-state index >= 15 is 0 Å². The van der Waals surface area contributed by atoms with Crippen LogP contribution in [0.5, 0.6) is 0 Å². The molecule has 0 spiro atoms. The molecule has 21 heavy (non-hydrogen) atoms. The molecule has 0 bridgehead atoms. The molecule has 0 unspecified atom stereocenters. The minimum Gasteiger partial charge on any atom is -0.289 e. The smallest absolute Gasteiger partial charge is 0.193 e. The van der Waals surface area contributed by atoms with E-state index in [0.29, 0.717) is 15.6 Å². The molecule has 110 valence electrons. The molecule has 0 aliphatic heterocycles. The number of halogens is 2. The largest absolute Gasteiger partial charge is 0.289 e. The van der Waals surface area contributed by atoms with E-state index in [0.717, 1.165) is 22.3 Å². The van der Waals surface area contributed by atoms with E-state index in [4.69, 9.17) is 0 Å². The summed E-state index contributed by atoms with van der Waals surface area (Å²) in [5.74, 6) is -0.542. The molecule has 1 nitrogen and oxygen atoms in total. The Labute approximate surface area is 133 Å². The second-order valence-corrected chi connectivity index (χ2v) is 6.31. The number of carbonyl (C=O) groups excluding carboxylic acids is 1. The Morgan fingerprint density at radius 2 is 1.38 bits per heavy atom. The third-order valence-corrected chi connectivity index (χ3v) is 5.05. The maximum Gasteiger partial charge on any atom is 0.193 e. The van der Waals surface area contributed by atoms with Crippen molar-refractivity contribution in [3.63, 3.8) is 0 Å². The topological polar surface area (TPSA) is 17.1 Å². The fraction of sp³-hybridized carbons (Fsp3) is 0.278. The fourth-order valence-corrected chi connectivity index (χ4v) is 2.87. The monoisotopic (exact) mass is 348 g/mol. The maximum atomic E-state index is 13.7. The summed E-state index contributed by atoms with van der Waals surface area (Å²) in [4.78, 5) is 12.8. The van der Waals surface area contributed by atoms with E-state index in [1.807, 2.05) is 27.7 Å². The van der Waals surface area contributed by atoms with Crippen molar-refractivity contribution in [1.82, 2.24) is 0 Å². The van der Waals surface area contributed by atoms with Gasteiger partial charge >= 0.3 is 0 Å². The first-order valence-electron chi connectivity index (χ1n) is 6.82. The van der Waals surface area contributed by atoms with Gasteiger partial charge in [0, 0.05) is 11.1 Å². The normalized spacial score (nSPS) is 10.8. The number of ketones is 1. The summed E-state index contributed by atoms with van der Waals surface area (Å²) in [5, 5.41) is 0. The lowest BCUT2D eigenvalue weighted by molar-refractivity contribution is 0.103. The zero-order valence-electron chi connectivity index (χ0n) is 12.9. The molecular formula is C18H18BrFO. The van der Waals surface area contributed by atoms with Crippen LogP contribution >= 0.6 is 15.9 Å². The number of hydrogen-bond donors (Lipinski definition) is 0. The van der Waals surface area contributed by atoms with Gasteiger partial charge < -0.3 is 0 Å². The number of hydrogen-bond acceptors (Lipinski definition) is 1. The molecule has 0 saturated carbocycles. The summed E-state index contributed by atoms with van der Waals surface area (Å²) >= 11 is 3.11. The Morgan fingerprint density at radius 3 is 1.86 bits per heavy atom. The van der Waals surface area contributed by atoms with Crippen molar-refractivity contribution >= 4 is 21.7 Å². The highest BCUT2D eigenvalue weighted by Crippen LogP contribution is 2.28. The van der Waals surface area contributed by atoms with Gasteiger partial charge in [-0.3, -0.25) is 4.79 Å². The van der Waals surface area contributed by atoms with Crippen LogP contribution in [0.2, 0.25) is 0 Å². The quantitative estimate of drug-likeness (QED) is 0.667. The van der Waals surface area contributed by atoms with E-state index in [1.165, 1.54) is 11.6 Å². The van der Waals surface area contributed by atoms with Crippen molar-refractivity contribution in [2.24, 2.45) is 0 Å². The van der Waals surface area contributed by atoms with E-state index in [2.05, 4.69) is 22.9 Å². The minimum atomic E-state index is -0.420. The molecule has 0 aromatic heterocycles. The number of rotatable bonds is 2. The summed E-state index contributed by atoms with van der Waals surface area (Å²) in [6.07, 6.45) is 0. The van der Waals surface area contributed by atoms with Crippen LogP contribution in [-0.4, -0.2) is 5.78 Å². The Kier molecular flexibility index (Phi) is 4.33. The van der Waals surface area contributed by atoms with Gasteiger partial charge in [0.2, 0.25) is 0 Å². The molecule has 2 aromatic carbocycles. The molecule has 2 aromatic rings. The number of benzene rings is 2. The van der Waals surface area contributed by atoms with Gasteiger partial charge in [-0.15, -0.1) is 0 Å². The van der Waals surface area contributed by atoms with Gasteiger partial charge in [-0.05, 0) is 96.6 Å². The van der Waals surface area contributed by atoms with Gasteiger partial charge in [-0.1, -0.05) is 0 Å². The molecular weight excluding hydrogens is 331 g/mol. The Morgan fingerprint density at radius 1 is 0.905 bits per heavy atom. The summed E-state index contributed by atoms with van der Waals surface area (Å²) in [7, 11) is 0. The second kappa shape index (κ2) is 5.72. The van der Waals surface area contributed by atoms with Crippen molar-refractivity contribution in [2.75, 3.05) is 0 Å². The van der Waals surface area contributed by atoms with Gasteiger partial charge in [0.1, 0.15) is 5.82 Å². The van der Waals surface area contributed by atoms with Crippen LogP contribution in [-0.2, 0) is 0 Å². The van der Waals surface area contributed by atoms with E-state index < -0.39 is 5.82 Å². The van der Waals surface area contributed by atoms with Gasteiger partial charge in [-0.25, -0.2) is 4.39 Å². The lowest BCUT2D eigenvalue weighted by Gasteiger charge is -2.18. The van der Waals surface area contributed by atoms with Crippen LogP contribution in [0.15, 0.2) is 22.7 Å². The lowest BCUT2D eigenvalue weighted by atomic mass is 9.86. The first-order chi connectivity index (χ1) is 9.75. The molecule has 0 fully saturated rings. The van der Waals surface area contributed by atoms with Crippen molar-refractivity contribution in [3.05, 3.63) is 67.4 Å². The zero-order chi connectivity index (χ0) is 15.9. The maximum absolute atomic E-state index is 13.7. The van der Waals surface area contributed by atoms with E-state index in [-0.39, 0.29) is 5.78 Å². The van der Waals surface area contributed by atoms with Gasteiger partial charge in [0.05, 0.1) is 4.47 Å². The Balaban J connectivity index is 2.66. The summed E-state index contributed by atoms with van der Waals surface area (Å²) < 4.78 is 14.0. The first-order valence-corrected chi connectivity index (χ1v) is 7.61. The third kappa shape index (κ3) is 2.67. The number of carbonyl (C=O) groups is 1. The molecule has 0 aliphatic rings. The highest BCUT2D eigenvalue weighted by molar-refractivity contribution is 9.10. The van der Waals surface area contributed by atoms with Crippen molar-refractivity contribution in [3.8, 4) is 0 Å². The van der Waals surface area contributed by atoms with Crippen LogP contribution in [0.1, 0.15) is 43.7 Å². The molecule has 0 atom stereocenters. The average molecular weight is 349 g/mol. The van der Waals surface area contributed by atoms with Gasteiger partial charge in [0.15, 0.2) is 5.78 Å². The van der Waals surface area contributed by atoms with E-state index in [1.54, 1.807) is 12.1 Å². The zero-order valence-corrected chi connectivity index (χ0v) is 14.5. The van der Waals surface area contributed by atoms with Gasteiger partial charge in [0.25, 0.3) is 0 Å². The van der Waals surface area contributed by atoms with E-state index in [9.17, 15) is 9.18 Å². The lowest BCUT2D eigenvalue weighted by Crippen LogP contribution is -2.11. The van der Waals surface area contributed by atoms with Crippen molar-refractivity contribution in [1.29, 1.82) is 0 Å². The van der Waals surface area contributed by atoms with Crippen molar-refractivity contribution in [2.45, 2.75) is 34.6 Å². The Bertz CT molecular complexity index is 718. The average Bonchev–Trinajstić information content (AvgIpc) is 2.46. The predicted octanol–water partition coefficient (Wildman–Crippen LogP) is 5.36. The van der Waals surface area contributed by atoms with Crippen LogP contribution < -0.4 is 0 Å².